The van der Waals surface area contributed by atoms with Crippen molar-refractivity contribution in [3.63, 3.8) is 0 Å². The van der Waals surface area contributed by atoms with Crippen molar-refractivity contribution in [2.45, 2.75) is 27.7 Å². The van der Waals surface area contributed by atoms with Crippen molar-refractivity contribution in [2.75, 3.05) is 26.8 Å². The zero-order valence-electron chi connectivity index (χ0n) is 17.5. The van der Waals surface area contributed by atoms with Gasteiger partial charge in [-0.05, 0) is 45.0 Å². The largest absolute Gasteiger partial charge is 0.469 e. The standard InChI is InChI=1S/C21H27N3O5/c1-6-23(13-14(3)20(26)28-5)19(25)16-8-10-17(11-9-16)24-15(4)18(12-22-24)21(27)29-7-2/h8-12,14H,6-7,13H2,1-5H3. The zero-order chi connectivity index (χ0) is 21.6. The number of rotatable bonds is 8. The molecule has 0 aliphatic heterocycles. The molecule has 1 unspecified atom stereocenters. The highest BCUT2D eigenvalue weighted by atomic mass is 16.5. The first-order valence-corrected chi connectivity index (χ1v) is 9.53. The highest BCUT2D eigenvalue weighted by Crippen LogP contribution is 2.17. The van der Waals surface area contributed by atoms with Gasteiger partial charge in [-0.1, -0.05) is 6.92 Å². The van der Waals surface area contributed by atoms with Crippen LogP contribution in [0, 0.1) is 12.8 Å². The van der Waals surface area contributed by atoms with Crippen LogP contribution in [-0.2, 0) is 14.3 Å². The van der Waals surface area contributed by atoms with Gasteiger partial charge in [0.15, 0.2) is 0 Å². The lowest BCUT2D eigenvalue weighted by molar-refractivity contribution is -0.145. The number of hydrogen-bond donors (Lipinski definition) is 0. The van der Waals surface area contributed by atoms with Gasteiger partial charge < -0.3 is 14.4 Å². The Bertz CT molecular complexity index is 873. The molecule has 0 fully saturated rings. The van der Waals surface area contributed by atoms with Gasteiger partial charge in [0.05, 0.1) is 37.2 Å². The maximum atomic E-state index is 12.8. The lowest BCUT2D eigenvalue weighted by Gasteiger charge is -2.23. The van der Waals surface area contributed by atoms with Crippen LogP contribution in [0.15, 0.2) is 30.5 Å². The molecule has 1 atom stereocenters. The topological polar surface area (TPSA) is 90.7 Å². The number of esters is 2. The maximum Gasteiger partial charge on any atom is 0.341 e. The summed E-state index contributed by atoms with van der Waals surface area (Å²) in [6.07, 6.45) is 1.47. The first kappa shape index (κ1) is 22.1. The first-order valence-electron chi connectivity index (χ1n) is 9.53. The van der Waals surface area contributed by atoms with Crippen molar-refractivity contribution in [1.82, 2.24) is 14.7 Å². The van der Waals surface area contributed by atoms with E-state index < -0.39 is 11.9 Å². The fraction of sp³-hybridized carbons (Fsp3) is 0.429. The molecule has 0 spiro atoms. The Kier molecular flexibility index (Phi) is 7.52. The van der Waals surface area contributed by atoms with Crippen LogP contribution in [-0.4, -0.2) is 59.3 Å². The van der Waals surface area contributed by atoms with E-state index in [0.29, 0.717) is 30.0 Å². The minimum atomic E-state index is -0.415. The fourth-order valence-electron chi connectivity index (χ4n) is 2.97. The molecular formula is C21H27N3O5. The van der Waals surface area contributed by atoms with Gasteiger partial charge in [0, 0.05) is 18.7 Å². The number of amides is 1. The third kappa shape index (κ3) is 5.01. The van der Waals surface area contributed by atoms with Crippen LogP contribution in [0.4, 0.5) is 0 Å². The Balaban J connectivity index is 2.18. The average Bonchev–Trinajstić information content (AvgIpc) is 3.12. The second kappa shape index (κ2) is 9.86. The van der Waals surface area contributed by atoms with Crippen molar-refractivity contribution in [3.8, 4) is 5.69 Å². The van der Waals surface area contributed by atoms with Gasteiger partial charge in [0.25, 0.3) is 5.91 Å². The number of carbonyl (C=O) groups excluding carboxylic acids is 3. The highest BCUT2D eigenvalue weighted by molar-refractivity contribution is 5.94. The molecule has 2 rings (SSSR count). The molecular weight excluding hydrogens is 374 g/mol. The number of methoxy groups -OCH3 is 1. The second-order valence-corrected chi connectivity index (χ2v) is 6.59. The van der Waals surface area contributed by atoms with Gasteiger partial charge in [-0.2, -0.15) is 5.10 Å². The van der Waals surface area contributed by atoms with Crippen LogP contribution < -0.4 is 0 Å². The van der Waals surface area contributed by atoms with Crippen molar-refractivity contribution >= 4 is 17.8 Å². The Labute approximate surface area is 170 Å². The van der Waals surface area contributed by atoms with E-state index in [0.717, 1.165) is 5.69 Å². The Hall–Kier alpha value is -3.16. The van der Waals surface area contributed by atoms with Gasteiger partial charge >= 0.3 is 11.9 Å². The Morgan fingerprint density at radius 2 is 1.83 bits per heavy atom. The maximum absolute atomic E-state index is 12.8. The summed E-state index contributed by atoms with van der Waals surface area (Å²) in [6.45, 7) is 8.17. The molecule has 0 aliphatic carbocycles. The van der Waals surface area contributed by atoms with E-state index >= 15 is 0 Å². The van der Waals surface area contributed by atoms with Gasteiger partial charge in [-0.3, -0.25) is 9.59 Å². The van der Waals surface area contributed by atoms with E-state index in [2.05, 4.69) is 5.10 Å². The van der Waals surface area contributed by atoms with Gasteiger partial charge in [0.1, 0.15) is 5.56 Å². The summed E-state index contributed by atoms with van der Waals surface area (Å²) in [5.74, 6) is -1.34. The van der Waals surface area contributed by atoms with E-state index in [1.165, 1.54) is 13.3 Å². The molecule has 0 bridgehead atoms. The molecule has 156 valence electrons. The lowest BCUT2D eigenvalue weighted by atomic mass is 10.1. The van der Waals surface area contributed by atoms with E-state index in [4.69, 9.17) is 9.47 Å². The summed E-state index contributed by atoms with van der Waals surface area (Å²) in [5, 5.41) is 4.25. The number of carbonyl (C=O) groups is 3. The van der Waals surface area contributed by atoms with Crippen LogP contribution in [0.3, 0.4) is 0 Å². The van der Waals surface area contributed by atoms with Crippen molar-refractivity contribution in [2.24, 2.45) is 5.92 Å². The summed E-state index contributed by atoms with van der Waals surface area (Å²) in [6, 6.07) is 6.93. The average molecular weight is 401 g/mol. The molecule has 1 heterocycles. The number of hydrogen-bond acceptors (Lipinski definition) is 6. The van der Waals surface area contributed by atoms with Crippen molar-refractivity contribution in [3.05, 3.63) is 47.3 Å². The summed E-state index contributed by atoms with van der Waals surface area (Å²) >= 11 is 0. The summed E-state index contributed by atoms with van der Waals surface area (Å²) in [5.41, 5.74) is 2.29. The monoisotopic (exact) mass is 401 g/mol. The quantitative estimate of drug-likeness (QED) is 0.632. The number of ether oxygens (including phenoxy) is 2. The molecule has 0 saturated carbocycles. The minimum absolute atomic E-state index is 0.167. The number of aromatic nitrogens is 2. The molecule has 0 saturated heterocycles. The molecule has 29 heavy (non-hydrogen) atoms. The molecule has 1 aromatic heterocycles. The van der Waals surface area contributed by atoms with E-state index in [1.54, 1.807) is 54.6 Å². The van der Waals surface area contributed by atoms with Gasteiger partial charge in [-0.25, -0.2) is 9.48 Å². The molecule has 8 nitrogen and oxygen atoms in total. The second-order valence-electron chi connectivity index (χ2n) is 6.59. The van der Waals surface area contributed by atoms with E-state index in [9.17, 15) is 14.4 Å². The predicted molar refractivity (Wildman–Crippen MR) is 107 cm³/mol. The molecule has 8 heteroatoms. The zero-order valence-corrected chi connectivity index (χ0v) is 17.5. The number of benzene rings is 1. The summed E-state index contributed by atoms with van der Waals surface area (Å²) < 4.78 is 11.4. The fourth-order valence-corrected chi connectivity index (χ4v) is 2.97. The van der Waals surface area contributed by atoms with Crippen LogP contribution in [0.25, 0.3) is 5.69 Å². The van der Waals surface area contributed by atoms with Gasteiger partial charge in [0.2, 0.25) is 0 Å². The van der Waals surface area contributed by atoms with E-state index in [1.807, 2.05) is 6.92 Å². The highest BCUT2D eigenvalue weighted by Gasteiger charge is 2.22. The molecule has 1 aromatic carbocycles. The number of nitrogens with zero attached hydrogens (tertiary/aromatic N) is 3. The predicted octanol–water partition coefficient (Wildman–Crippen LogP) is 2.63. The molecule has 2 aromatic rings. The van der Waals surface area contributed by atoms with Crippen molar-refractivity contribution < 1.29 is 23.9 Å². The van der Waals surface area contributed by atoms with Crippen LogP contribution in [0.1, 0.15) is 47.2 Å². The lowest BCUT2D eigenvalue weighted by Crippen LogP contribution is -2.37. The SMILES string of the molecule is CCOC(=O)c1cnn(-c2ccc(C(=O)N(CC)CC(C)C(=O)OC)cc2)c1C. The normalized spacial score (nSPS) is 11.6. The Morgan fingerprint density at radius 1 is 1.17 bits per heavy atom. The van der Waals surface area contributed by atoms with Crippen LogP contribution >= 0.6 is 0 Å². The van der Waals surface area contributed by atoms with Crippen molar-refractivity contribution in [1.29, 1.82) is 0 Å². The summed E-state index contributed by atoms with van der Waals surface area (Å²) in [4.78, 5) is 38.0. The van der Waals surface area contributed by atoms with Gasteiger partial charge in [-0.15, -0.1) is 0 Å². The molecule has 0 N–H and O–H groups in total. The molecule has 1 amide bonds. The smallest absolute Gasteiger partial charge is 0.341 e. The minimum Gasteiger partial charge on any atom is -0.469 e. The van der Waals surface area contributed by atoms with Crippen LogP contribution in [0.5, 0.6) is 0 Å². The Morgan fingerprint density at radius 3 is 2.38 bits per heavy atom. The molecule has 0 radical (unpaired) electrons. The third-order valence-electron chi connectivity index (χ3n) is 4.63. The van der Waals surface area contributed by atoms with E-state index in [-0.39, 0.29) is 18.4 Å². The first-order chi connectivity index (χ1) is 13.8. The molecule has 0 aliphatic rings. The van der Waals surface area contributed by atoms with Crippen LogP contribution in [0.2, 0.25) is 0 Å². The third-order valence-corrected chi connectivity index (χ3v) is 4.63. The summed E-state index contributed by atoms with van der Waals surface area (Å²) in [7, 11) is 1.33.